The average molecular weight is 356 g/mol. The highest BCUT2D eigenvalue weighted by Gasteiger charge is 2.21. The van der Waals surface area contributed by atoms with Crippen molar-refractivity contribution in [3.8, 4) is 0 Å². The van der Waals surface area contributed by atoms with Crippen molar-refractivity contribution in [2.75, 3.05) is 7.11 Å². The third-order valence-electron chi connectivity index (χ3n) is 4.24. The molecule has 0 unspecified atom stereocenters. The fraction of sp³-hybridized carbons (Fsp3) is 0.200. The number of halogens is 1. The quantitative estimate of drug-likeness (QED) is 0.390. The van der Waals surface area contributed by atoms with E-state index in [1.165, 1.54) is 7.11 Å². The number of nitrogens with zero attached hydrogens (tertiary/aromatic N) is 1. The molecule has 0 N–H and O–H groups in total. The number of Topliss-reactive ketones (excluding diaryl/α,β-unsaturated/α-hetero) is 1. The summed E-state index contributed by atoms with van der Waals surface area (Å²) in [4.78, 5) is 24.0. The third-order valence-corrected chi connectivity index (χ3v) is 4.47. The van der Waals surface area contributed by atoms with Crippen LogP contribution < -0.4 is 0 Å². The van der Waals surface area contributed by atoms with Crippen molar-refractivity contribution >= 4 is 34.3 Å². The van der Waals surface area contributed by atoms with Gasteiger partial charge < -0.3 is 9.30 Å². The summed E-state index contributed by atoms with van der Waals surface area (Å²) in [6, 6.07) is 15.1. The molecule has 2 aromatic carbocycles. The molecule has 4 nitrogen and oxygen atoms in total. The Morgan fingerprint density at radius 1 is 1.12 bits per heavy atom. The van der Waals surface area contributed by atoms with E-state index in [9.17, 15) is 9.59 Å². The molecule has 1 heterocycles. The van der Waals surface area contributed by atoms with Gasteiger partial charge in [-0.2, -0.15) is 0 Å². The van der Waals surface area contributed by atoms with E-state index in [1.54, 1.807) is 12.1 Å². The fourth-order valence-electron chi connectivity index (χ4n) is 3.04. The number of esters is 1. The van der Waals surface area contributed by atoms with Crippen LogP contribution in [0.3, 0.4) is 0 Å². The Kier molecular flexibility index (Phi) is 4.91. The smallest absolute Gasteiger partial charge is 0.379 e. The number of hydrogen-bond acceptors (Lipinski definition) is 3. The van der Waals surface area contributed by atoms with Gasteiger partial charge in [-0.15, -0.1) is 0 Å². The van der Waals surface area contributed by atoms with Crippen LogP contribution in [0.5, 0.6) is 0 Å². The zero-order chi connectivity index (χ0) is 18.0. The first kappa shape index (κ1) is 17.2. The Balaban J connectivity index is 2.13. The van der Waals surface area contributed by atoms with Gasteiger partial charge in [-0.3, -0.25) is 4.79 Å². The number of ether oxygens (including phenoxy) is 1. The van der Waals surface area contributed by atoms with Gasteiger partial charge in [0, 0.05) is 33.7 Å². The highest BCUT2D eigenvalue weighted by molar-refractivity contribution is 6.42. The highest BCUT2D eigenvalue weighted by Crippen LogP contribution is 2.26. The average Bonchev–Trinajstić information content (AvgIpc) is 2.98. The molecule has 0 saturated heterocycles. The van der Waals surface area contributed by atoms with Gasteiger partial charge in [0.05, 0.1) is 7.11 Å². The molecule has 0 fully saturated rings. The van der Waals surface area contributed by atoms with Crippen molar-refractivity contribution in [3.05, 3.63) is 70.4 Å². The molecular weight excluding hydrogens is 338 g/mol. The minimum Gasteiger partial charge on any atom is -0.463 e. The van der Waals surface area contributed by atoms with Crippen molar-refractivity contribution in [1.29, 1.82) is 0 Å². The van der Waals surface area contributed by atoms with Crippen LogP contribution in [-0.2, 0) is 22.5 Å². The molecule has 0 aliphatic heterocycles. The summed E-state index contributed by atoms with van der Waals surface area (Å²) in [6.45, 7) is 2.70. The van der Waals surface area contributed by atoms with Crippen molar-refractivity contribution in [2.24, 2.45) is 0 Å². The number of rotatable bonds is 5. The van der Waals surface area contributed by atoms with Gasteiger partial charge in [0.1, 0.15) is 0 Å². The molecule has 3 rings (SSSR count). The second-order valence-electron chi connectivity index (χ2n) is 5.76. The topological polar surface area (TPSA) is 48.3 Å². The first-order valence-corrected chi connectivity index (χ1v) is 8.41. The van der Waals surface area contributed by atoms with Crippen LogP contribution in [0.4, 0.5) is 0 Å². The summed E-state index contributed by atoms with van der Waals surface area (Å²) < 4.78 is 6.73. The first-order valence-electron chi connectivity index (χ1n) is 8.03. The Morgan fingerprint density at radius 3 is 2.56 bits per heavy atom. The van der Waals surface area contributed by atoms with Crippen LogP contribution in [0.1, 0.15) is 28.5 Å². The van der Waals surface area contributed by atoms with E-state index in [1.807, 2.05) is 36.4 Å². The predicted molar refractivity (Wildman–Crippen MR) is 98.2 cm³/mol. The maximum Gasteiger partial charge on any atom is 0.379 e. The number of fused-ring (bicyclic) bond motifs is 1. The van der Waals surface area contributed by atoms with Gasteiger partial charge in [0.25, 0.3) is 5.78 Å². The number of aryl methyl sites for hydroxylation is 1. The van der Waals surface area contributed by atoms with E-state index in [-0.39, 0.29) is 0 Å². The lowest BCUT2D eigenvalue weighted by molar-refractivity contribution is -0.135. The second kappa shape index (κ2) is 7.11. The summed E-state index contributed by atoms with van der Waals surface area (Å²) >= 11 is 6.09. The van der Waals surface area contributed by atoms with Crippen LogP contribution in [0.25, 0.3) is 10.9 Å². The van der Waals surface area contributed by atoms with Crippen molar-refractivity contribution in [2.45, 2.75) is 19.9 Å². The van der Waals surface area contributed by atoms with Crippen LogP contribution in [0.15, 0.2) is 48.5 Å². The van der Waals surface area contributed by atoms with Gasteiger partial charge in [-0.05, 0) is 36.2 Å². The predicted octanol–water partition coefficient (Wildman–Crippen LogP) is 4.26. The lowest BCUT2D eigenvalue weighted by Gasteiger charge is -2.10. The van der Waals surface area contributed by atoms with E-state index >= 15 is 0 Å². The number of ketones is 1. The summed E-state index contributed by atoms with van der Waals surface area (Å²) in [6.07, 6.45) is 0.807. The van der Waals surface area contributed by atoms with Crippen LogP contribution in [0.2, 0.25) is 5.02 Å². The van der Waals surface area contributed by atoms with Crippen LogP contribution >= 0.6 is 11.6 Å². The lowest BCUT2D eigenvalue weighted by Crippen LogP contribution is -2.15. The molecular formula is C20H18ClNO3. The SMILES string of the molecule is CCc1cc2c(C(=O)C(=O)OC)cccc2n1Cc1cccc(Cl)c1. The van der Waals surface area contributed by atoms with Crippen molar-refractivity contribution < 1.29 is 14.3 Å². The molecule has 3 aromatic rings. The largest absolute Gasteiger partial charge is 0.463 e. The molecule has 5 heteroatoms. The minimum atomic E-state index is -0.854. The molecule has 0 bridgehead atoms. The van der Waals surface area contributed by atoms with Crippen molar-refractivity contribution in [3.63, 3.8) is 0 Å². The van der Waals surface area contributed by atoms with E-state index in [0.717, 1.165) is 28.6 Å². The number of carbonyl (C=O) groups excluding carboxylic acids is 2. The van der Waals surface area contributed by atoms with Gasteiger partial charge in [0.2, 0.25) is 0 Å². The molecule has 0 amide bonds. The Labute approximate surface area is 151 Å². The summed E-state index contributed by atoms with van der Waals surface area (Å²) in [5.74, 6) is -1.48. The Bertz CT molecular complexity index is 959. The zero-order valence-corrected chi connectivity index (χ0v) is 14.8. The fourth-order valence-corrected chi connectivity index (χ4v) is 3.25. The summed E-state index contributed by atoms with van der Waals surface area (Å²) in [5, 5.41) is 1.45. The standard InChI is InChI=1S/C20H18ClNO3/c1-3-15-11-17-16(19(23)20(24)25-2)8-5-9-18(17)22(15)12-13-6-4-7-14(21)10-13/h4-11H,3,12H2,1-2H3. The second-order valence-corrected chi connectivity index (χ2v) is 6.20. The third kappa shape index (κ3) is 3.30. The van der Waals surface area contributed by atoms with Gasteiger partial charge in [0.15, 0.2) is 0 Å². The molecule has 0 aliphatic carbocycles. The molecule has 25 heavy (non-hydrogen) atoms. The molecule has 0 aliphatic rings. The zero-order valence-electron chi connectivity index (χ0n) is 14.1. The number of benzene rings is 2. The van der Waals surface area contributed by atoms with Gasteiger partial charge in [-0.1, -0.05) is 42.8 Å². The normalized spacial score (nSPS) is 10.8. The molecule has 128 valence electrons. The van der Waals surface area contributed by atoms with Crippen LogP contribution in [0, 0.1) is 0 Å². The first-order chi connectivity index (χ1) is 12.0. The van der Waals surface area contributed by atoms with E-state index in [0.29, 0.717) is 17.1 Å². The number of methoxy groups -OCH3 is 1. The monoisotopic (exact) mass is 355 g/mol. The Morgan fingerprint density at radius 2 is 1.88 bits per heavy atom. The minimum absolute atomic E-state index is 0.365. The van der Waals surface area contributed by atoms with Crippen LogP contribution in [-0.4, -0.2) is 23.4 Å². The summed E-state index contributed by atoms with van der Waals surface area (Å²) in [5.41, 5.74) is 3.43. The lowest BCUT2D eigenvalue weighted by atomic mass is 10.1. The molecule has 0 saturated carbocycles. The van der Waals surface area contributed by atoms with Gasteiger partial charge >= 0.3 is 5.97 Å². The van der Waals surface area contributed by atoms with E-state index in [4.69, 9.17) is 11.6 Å². The van der Waals surface area contributed by atoms with E-state index in [2.05, 4.69) is 16.2 Å². The summed E-state index contributed by atoms with van der Waals surface area (Å²) in [7, 11) is 1.21. The number of aromatic nitrogens is 1. The molecule has 0 radical (unpaired) electrons. The number of hydrogen-bond donors (Lipinski definition) is 0. The molecule has 0 atom stereocenters. The number of carbonyl (C=O) groups is 2. The maximum absolute atomic E-state index is 12.3. The van der Waals surface area contributed by atoms with Gasteiger partial charge in [-0.25, -0.2) is 4.79 Å². The Hall–Kier alpha value is -2.59. The molecule has 1 aromatic heterocycles. The van der Waals surface area contributed by atoms with E-state index < -0.39 is 11.8 Å². The molecule has 0 spiro atoms. The maximum atomic E-state index is 12.3. The van der Waals surface area contributed by atoms with Crippen molar-refractivity contribution in [1.82, 2.24) is 4.57 Å². The highest BCUT2D eigenvalue weighted by atomic mass is 35.5.